The summed E-state index contributed by atoms with van der Waals surface area (Å²) < 4.78 is 23.0. The molecule has 0 aliphatic rings. The molecule has 1 unspecified atom stereocenters. The summed E-state index contributed by atoms with van der Waals surface area (Å²) in [7, 11) is -1.04. The molecule has 0 aliphatic carbocycles. The first-order valence-corrected chi connectivity index (χ1v) is 7.87. The topological polar surface area (TPSA) is 37.4 Å². The van der Waals surface area contributed by atoms with Gasteiger partial charge in [-0.05, 0) is 34.7 Å². The van der Waals surface area contributed by atoms with E-state index in [0.717, 1.165) is 5.33 Å². The summed E-state index contributed by atoms with van der Waals surface area (Å²) in [6, 6.07) is 0.361. The highest BCUT2D eigenvalue weighted by Crippen LogP contribution is 2.16. The molecule has 0 fully saturated rings. The van der Waals surface area contributed by atoms with Gasteiger partial charge in [-0.3, -0.25) is 0 Å². The third-order valence-electron chi connectivity index (χ3n) is 2.62. The Labute approximate surface area is 102 Å². The van der Waals surface area contributed by atoms with E-state index in [4.69, 9.17) is 0 Å². The number of hydrogen-bond acceptors (Lipinski definition) is 3. The van der Waals surface area contributed by atoms with Gasteiger partial charge in [-0.1, -0.05) is 15.9 Å². The predicted molar refractivity (Wildman–Crippen MR) is 69.4 cm³/mol. The van der Waals surface area contributed by atoms with Gasteiger partial charge < -0.3 is 4.90 Å². The molecule has 0 spiro atoms. The normalized spacial score (nSPS) is 15.7. The molecule has 0 saturated carbocycles. The summed E-state index contributed by atoms with van der Waals surface area (Å²) in [5, 5.41) is 0.860. The number of alkyl halides is 1. The average Bonchev–Trinajstić information content (AvgIpc) is 2.11. The minimum absolute atomic E-state index is 0.227. The number of sulfone groups is 1. The van der Waals surface area contributed by atoms with Crippen molar-refractivity contribution in [2.24, 2.45) is 0 Å². The lowest BCUT2D eigenvalue weighted by Gasteiger charge is -2.25. The SMILES string of the molecule is CC(CBr)N(C)CCS(=O)(=O)C(C)(C)C. The third-order valence-corrected chi connectivity index (χ3v) is 6.14. The molecular weight excluding hydrogens is 278 g/mol. The van der Waals surface area contributed by atoms with Gasteiger partial charge in [0.15, 0.2) is 9.84 Å². The number of hydrogen-bond donors (Lipinski definition) is 0. The van der Waals surface area contributed by atoms with Crippen LogP contribution >= 0.6 is 15.9 Å². The van der Waals surface area contributed by atoms with Crippen molar-refractivity contribution in [1.82, 2.24) is 4.90 Å². The van der Waals surface area contributed by atoms with Gasteiger partial charge in [-0.25, -0.2) is 8.42 Å². The van der Waals surface area contributed by atoms with E-state index in [0.29, 0.717) is 12.6 Å². The summed E-state index contributed by atoms with van der Waals surface area (Å²) in [4.78, 5) is 2.05. The molecular formula is C10H22BrNO2S. The maximum atomic E-state index is 11.8. The summed E-state index contributed by atoms with van der Waals surface area (Å²) in [6.45, 7) is 7.90. The summed E-state index contributed by atoms with van der Waals surface area (Å²) >= 11 is 3.38. The number of rotatable bonds is 5. The lowest BCUT2D eigenvalue weighted by molar-refractivity contribution is 0.294. The minimum Gasteiger partial charge on any atom is -0.302 e. The second kappa shape index (κ2) is 5.64. The van der Waals surface area contributed by atoms with Gasteiger partial charge >= 0.3 is 0 Å². The van der Waals surface area contributed by atoms with Crippen LogP contribution in [0.25, 0.3) is 0 Å². The fourth-order valence-corrected chi connectivity index (χ4v) is 2.54. The first-order valence-electron chi connectivity index (χ1n) is 5.10. The summed E-state index contributed by atoms with van der Waals surface area (Å²) in [6.07, 6.45) is 0. The van der Waals surface area contributed by atoms with Crippen LogP contribution in [-0.2, 0) is 9.84 Å². The summed E-state index contributed by atoms with van der Waals surface area (Å²) in [5.41, 5.74) is 0. The zero-order valence-corrected chi connectivity index (χ0v) is 12.7. The van der Waals surface area contributed by atoms with E-state index in [-0.39, 0.29) is 5.75 Å². The average molecular weight is 300 g/mol. The molecule has 0 bridgehead atoms. The van der Waals surface area contributed by atoms with Crippen LogP contribution in [0.4, 0.5) is 0 Å². The van der Waals surface area contributed by atoms with Gasteiger partial charge in [0.05, 0.1) is 10.5 Å². The van der Waals surface area contributed by atoms with E-state index in [1.54, 1.807) is 20.8 Å². The van der Waals surface area contributed by atoms with Crippen molar-refractivity contribution < 1.29 is 8.42 Å². The lowest BCUT2D eigenvalue weighted by Crippen LogP contribution is -2.38. The molecule has 15 heavy (non-hydrogen) atoms. The molecule has 3 nitrogen and oxygen atoms in total. The van der Waals surface area contributed by atoms with Gasteiger partial charge in [0, 0.05) is 17.9 Å². The van der Waals surface area contributed by atoms with E-state index < -0.39 is 14.6 Å². The van der Waals surface area contributed by atoms with Gasteiger partial charge in [-0.15, -0.1) is 0 Å². The molecule has 0 saturated heterocycles. The third kappa shape index (κ3) is 4.83. The van der Waals surface area contributed by atoms with Crippen molar-refractivity contribution in [3.63, 3.8) is 0 Å². The molecule has 92 valence electrons. The lowest BCUT2D eigenvalue weighted by atomic mass is 10.3. The Hall–Kier alpha value is 0.390. The Morgan fingerprint density at radius 3 is 2.13 bits per heavy atom. The van der Waals surface area contributed by atoms with Crippen molar-refractivity contribution in [3.05, 3.63) is 0 Å². The molecule has 0 N–H and O–H groups in total. The molecule has 0 amide bonds. The van der Waals surface area contributed by atoms with Crippen LogP contribution in [0.5, 0.6) is 0 Å². The predicted octanol–water partition coefficient (Wildman–Crippen LogP) is 1.91. The van der Waals surface area contributed by atoms with E-state index in [9.17, 15) is 8.42 Å². The van der Waals surface area contributed by atoms with E-state index in [2.05, 4.69) is 27.8 Å². The van der Waals surface area contributed by atoms with Gasteiger partial charge in [0.1, 0.15) is 0 Å². The highest BCUT2D eigenvalue weighted by atomic mass is 79.9. The number of halogens is 1. The fraction of sp³-hybridized carbons (Fsp3) is 1.00. The zero-order chi connectivity index (χ0) is 12.3. The molecule has 0 heterocycles. The zero-order valence-electron chi connectivity index (χ0n) is 10.2. The second-order valence-electron chi connectivity index (χ2n) is 4.92. The van der Waals surface area contributed by atoms with E-state index in [1.165, 1.54) is 0 Å². The van der Waals surface area contributed by atoms with Crippen LogP contribution in [0.1, 0.15) is 27.7 Å². The standard InChI is InChI=1S/C10H22BrNO2S/c1-9(8-11)12(5)6-7-15(13,14)10(2,3)4/h9H,6-8H2,1-5H3. The van der Waals surface area contributed by atoms with Crippen molar-refractivity contribution in [2.45, 2.75) is 38.5 Å². The molecule has 0 rings (SSSR count). The molecule has 5 heteroatoms. The van der Waals surface area contributed by atoms with Gasteiger partial charge in [0.2, 0.25) is 0 Å². The maximum absolute atomic E-state index is 11.8. The molecule has 0 aromatic rings. The summed E-state index contributed by atoms with van der Waals surface area (Å²) in [5.74, 6) is 0.227. The van der Waals surface area contributed by atoms with E-state index in [1.807, 2.05) is 7.05 Å². The van der Waals surface area contributed by atoms with Crippen LogP contribution in [0, 0.1) is 0 Å². The quantitative estimate of drug-likeness (QED) is 0.728. The highest BCUT2D eigenvalue weighted by Gasteiger charge is 2.28. The first-order chi connectivity index (χ1) is 6.62. The highest BCUT2D eigenvalue weighted by molar-refractivity contribution is 9.09. The van der Waals surface area contributed by atoms with Crippen molar-refractivity contribution in [3.8, 4) is 0 Å². The smallest absolute Gasteiger partial charge is 0.156 e. The van der Waals surface area contributed by atoms with Crippen LogP contribution in [0.3, 0.4) is 0 Å². The second-order valence-corrected chi connectivity index (χ2v) is 8.43. The largest absolute Gasteiger partial charge is 0.302 e. The Bertz CT molecular complexity index is 282. The van der Waals surface area contributed by atoms with Crippen molar-refractivity contribution in [2.75, 3.05) is 24.7 Å². The van der Waals surface area contributed by atoms with Gasteiger partial charge in [-0.2, -0.15) is 0 Å². The molecule has 0 radical (unpaired) electrons. The van der Waals surface area contributed by atoms with Crippen LogP contribution in [-0.4, -0.2) is 48.8 Å². The monoisotopic (exact) mass is 299 g/mol. The Balaban J connectivity index is 4.29. The molecule has 0 aromatic carbocycles. The minimum atomic E-state index is -2.99. The van der Waals surface area contributed by atoms with Crippen molar-refractivity contribution >= 4 is 25.8 Å². The van der Waals surface area contributed by atoms with E-state index >= 15 is 0 Å². The Morgan fingerprint density at radius 2 is 1.80 bits per heavy atom. The molecule has 0 aliphatic heterocycles. The first kappa shape index (κ1) is 15.4. The van der Waals surface area contributed by atoms with Crippen LogP contribution in [0.15, 0.2) is 0 Å². The Morgan fingerprint density at radius 1 is 1.33 bits per heavy atom. The van der Waals surface area contributed by atoms with Crippen LogP contribution in [0.2, 0.25) is 0 Å². The van der Waals surface area contributed by atoms with Gasteiger partial charge in [0.25, 0.3) is 0 Å². The Kier molecular flexibility index (Phi) is 5.79. The number of nitrogens with zero attached hydrogens (tertiary/aromatic N) is 1. The maximum Gasteiger partial charge on any atom is 0.156 e. The van der Waals surface area contributed by atoms with Crippen molar-refractivity contribution in [1.29, 1.82) is 0 Å². The van der Waals surface area contributed by atoms with Crippen LogP contribution < -0.4 is 0 Å². The molecule has 0 aromatic heterocycles. The fourth-order valence-electron chi connectivity index (χ4n) is 0.909. The molecule has 1 atom stereocenters.